The number of amides is 1. The molecule has 0 saturated heterocycles. The number of likely N-dealkylation sites (N-methyl/N-ethyl adjacent to an activating group) is 1. The number of nitrogens with zero attached hydrogens (tertiary/aromatic N) is 1. The van der Waals surface area contributed by atoms with E-state index in [0.29, 0.717) is 5.57 Å². The molecule has 0 aromatic heterocycles. The number of hydrogen-bond acceptors (Lipinski definition) is 4. The lowest BCUT2D eigenvalue weighted by Crippen LogP contribution is -2.35. The van der Waals surface area contributed by atoms with E-state index >= 15 is 0 Å². The number of esters is 1. The Hall–Kier alpha value is -1.82. The number of rotatable bonds is 3. The van der Waals surface area contributed by atoms with Crippen LogP contribution in [-0.2, 0) is 14.3 Å². The second-order valence-corrected chi connectivity index (χ2v) is 5.29. The van der Waals surface area contributed by atoms with Crippen molar-refractivity contribution in [2.75, 3.05) is 27.3 Å². The Kier molecular flexibility index (Phi) is 4.44. The van der Waals surface area contributed by atoms with Gasteiger partial charge in [0.05, 0.1) is 12.7 Å². The van der Waals surface area contributed by atoms with Crippen molar-refractivity contribution in [1.82, 2.24) is 4.90 Å². The molecule has 1 aliphatic rings. The molecule has 0 spiro atoms. The van der Waals surface area contributed by atoms with Crippen molar-refractivity contribution in [3.8, 4) is 5.75 Å². The summed E-state index contributed by atoms with van der Waals surface area (Å²) in [4.78, 5) is 24.7. The Balaban J connectivity index is 2.17. The van der Waals surface area contributed by atoms with E-state index in [1.165, 1.54) is 12.0 Å². The van der Waals surface area contributed by atoms with E-state index in [-0.39, 0.29) is 19.1 Å². The molecule has 106 valence electrons. The predicted molar refractivity (Wildman–Crippen MR) is 77.3 cm³/mol. The summed E-state index contributed by atoms with van der Waals surface area (Å²) >= 11 is 3.38. The van der Waals surface area contributed by atoms with Crippen LogP contribution in [0.2, 0.25) is 0 Å². The van der Waals surface area contributed by atoms with Crippen molar-refractivity contribution in [3.63, 3.8) is 0 Å². The third-order valence-corrected chi connectivity index (χ3v) is 3.39. The van der Waals surface area contributed by atoms with Gasteiger partial charge in [-0.15, -0.1) is 0 Å². The molecule has 1 amide bonds. The van der Waals surface area contributed by atoms with Crippen molar-refractivity contribution in [1.29, 1.82) is 0 Å². The van der Waals surface area contributed by atoms with Crippen LogP contribution < -0.4 is 4.74 Å². The van der Waals surface area contributed by atoms with E-state index in [1.807, 2.05) is 18.2 Å². The summed E-state index contributed by atoms with van der Waals surface area (Å²) in [6, 6.07) is 5.60. The fourth-order valence-corrected chi connectivity index (χ4v) is 2.23. The predicted octanol–water partition coefficient (Wildman–Crippen LogP) is 1.86. The molecule has 6 heteroatoms. The van der Waals surface area contributed by atoms with E-state index in [0.717, 1.165) is 15.8 Å². The van der Waals surface area contributed by atoms with Crippen LogP contribution in [0.5, 0.6) is 5.75 Å². The summed E-state index contributed by atoms with van der Waals surface area (Å²) < 4.78 is 11.0. The van der Waals surface area contributed by atoms with E-state index in [4.69, 9.17) is 4.74 Å². The van der Waals surface area contributed by atoms with Gasteiger partial charge in [0.25, 0.3) is 5.91 Å². The molecule has 1 aromatic carbocycles. The largest absolute Gasteiger partial charge is 0.488 e. The maximum Gasteiger partial charge on any atom is 0.325 e. The molecular formula is C14H14BrNO4. The van der Waals surface area contributed by atoms with Gasteiger partial charge < -0.3 is 14.4 Å². The average Bonchev–Trinajstić information content (AvgIpc) is 2.45. The van der Waals surface area contributed by atoms with Crippen molar-refractivity contribution in [2.45, 2.75) is 0 Å². The van der Waals surface area contributed by atoms with Crippen molar-refractivity contribution in [3.05, 3.63) is 33.8 Å². The quantitative estimate of drug-likeness (QED) is 0.788. The van der Waals surface area contributed by atoms with Gasteiger partial charge in [-0.2, -0.15) is 0 Å². The Morgan fingerprint density at radius 1 is 1.45 bits per heavy atom. The molecule has 2 rings (SSSR count). The molecule has 1 aliphatic heterocycles. The molecule has 0 atom stereocenters. The zero-order valence-electron chi connectivity index (χ0n) is 11.2. The highest BCUT2D eigenvalue weighted by Gasteiger charge is 2.21. The summed E-state index contributed by atoms with van der Waals surface area (Å²) in [6.45, 7) is 0.108. The van der Waals surface area contributed by atoms with Gasteiger partial charge in [0.1, 0.15) is 18.9 Å². The third-order valence-electron chi connectivity index (χ3n) is 2.90. The second kappa shape index (κ2) is 6.09. The molecule has 0 aliphatic carbocycles. The van der Waals surface area contributed by atoms with Crippen LogP contribution in [0.25, 0.3) is 6.08 Å². The fraction of sp³-hybridized carbons (Fsp3) is 0.286. The highest BCUT2D eigenvalue weighted by Crippen LogP contribution is 2.29. The fourth-order valence-electron chi connectivity index (χ4n) is 1.85. The maximum absolute atomic E-state index is 12.2. The lowest BCUT2D eigenvalue weighted by Gasteiger charge is -2.21. The smallest absolute Gasteiger partial charge is 0.325 e. The average molecular weight is 340 g/mol. The van der Waals surface area contributed by atoms with Gasteiger partial charge in [0.15, 0.2) is 0 Å². The van der Waals surface area contributed by atoms with Gasteiger partial charge in [-0.1, -0.05) is 15.9 Å². The van der Waals surface area contributed by atoms with Gasteiger partial charge >= 0.3 is 5.97 Å². The van der Waals surface area contributed by atoms with Gasteiger partial charge in [-0.05, 0) is 24.3 Å². The van der Waals surface area contributed by atoms with E-state index in [9.17, 15) is 9.59 Å². The lowest BCUT2D eigenvalue weighted by atomic mass is 10.1. The number of ether oxygens (including phenoxy) is 2. The lowest BCUT2D eigenvalue weighted by molar-refractivity contribution is -0.145. The number of carbonyl (C=O) groups is 2. The summed E-state index contributed by atoms with van der Waals surface area (Å²) in [5, 5.41) is 0. The Morgan fingerprint density at radius 3 is 2.90 bits per heavy atom. The van der Waals surface area contributed by atoms with Crippen LogP contribution >= 0.6 is 15.9 Å². The normalized spacial score (nSPS) is 12.8. The van der Waals surface area contributed by atoms with Gasteiger partial charge in [0.2, 0.25) is 0 Å². The Labute approximate surface area is 125 Å². The van der Waals surface area contributed by atoms with Crippen molar-refractivity contribution < 1.29 is 19.1 Å². The number of hydrogen-bond donors (Lipinski definition) is 0. The number of halogens is 1. The maximum atomic E-state index is 12.2. The number of fused-ring (bicyclic) bond motifs is 1. The minimum atomic E-state index is -0.457. The second-order valence-electron chi connectivity index (χ2n) is 4.38. The first-order valence-electron chi connectivity index (χ1n) is 5.96. The summed E-state index contributed by atoms with van der Waals surface area (Å²) in [7, 11) is 2.84. The van der Waals surface area contributed by atoms with Gasteiger partial charge in [0, 0.05) is 17.1 Å². The number of benzene rings is 1. The third kappa shape index (κ3) is 3.19. The van der Waals surface area contributed by atoms with Crippen LogP contribution in [0.15, 0.2) is 28.2 Å². The van der Waals surface area contributed by atoms with Gasteiger partial charge in [-0.3, -0.25) is 9.59 Å². The standard InChI is InChI=1S/C14H14BrNO4/c1-16(7-13(17)19-2)14(18)10-5-9-6-11(15)3-4-12(9)20-8-10/h3-6H,7-8H2,1-2H3. The number of carbonyl (C=O) groups excluding carboxylic acids is 2. The summed E-state index contributed by atoms with van der Waals surface area (Å²) in [5.41, 5.74) is 1.34. The molecule has 5 nitrogen and oxygen atoms in total. The monoisotopic (exact) mass is 339 g/mol. The zero-order valence-corrected chi connectivity index (χ0v) is 12.8. The van der Waals surface area contributed by atoms with E-state index < -0.39 is 5.97 Å². The molecule has 1 aromatic rings. The van der Waals surface area contributed by atoms with E-state index in [1.54, 1.807) is 13.1 Å². The molecule has 0 radical (unpaired) electrons. The SMILES string of the molecule is COC(=O)CN(C)C(=O)C1=Cc2cc(Br)ccc2OC1. The summed E-state index contributed by atoms with van der Waals surface area (Å²) in [6.07, 6.45) is 1.78. The number of methoxy groups -OCH3 is 1. The van der Waals surface area contributed by atoms with Crippen LogP contribution in [-0.4, -0.2) is 44.1 Å². The van der Waals surface area contributed by atoms with Crippen molar-refractivity contribution >= 4 is 33.9 Å². The first-order valence-corrected chi connectivity index (χ1v) is 6.75. The molecule has 20 heavy (non-hydrogen) atoms. The zero-order chi connectivity index (χ0) is 14.7. The highest BCUT2D eigenvalue weighted by atomic mass is 79.9. The topological polar surface area (TPSA) is 55.8 Å². The molecule has 1 heterocycles. The van der Waals surface area contributed by atoms with Crippen LogP contribution in [0.3, 0.4) is 0 Å². The molecule has 0 bridgehead atoms. The first-order chi connectivity index (χ1) is 9.51. The van der Waals surface area contributed by atoms with Crippen LogP contribution in [0.1, 0.15) is 5.56 Å². The summed E-state index contributed by atoms with van der Waals surface area (Å²) in [5.74, 6) is 0.0303. The van der Waals surface area contributed by atoms with Gasteiger partial charge in [-0.25, -0.2) is 0 Å². The van der Waals surface area contributed by atoms with Crippen LogP contribution in [0.4, 0.5) is 0 Å². The minimum Gasteiger partial charge on any atom is -0.488 e. The molecular weight excluding hydrogens is 326 g/mol. The molecule has 0 N–H and O–H groups in total. The first kappa shape index (κ1) is 14.6. The highest BCUT2D eigenvalue weighted by molar-refractivity contribution is 9.10. The molecule has 0 saturated carbocycles. The Bertz CT molecular complexity index is 583. The minimum absolute atomic E-state index is 0.0853. The molecule has 0 unspecified atom stereocenters. The molecule has 0 fully saturated rings. The Morgan fingerprint density at radius 2 is 2.20 bits per heavy atom. The van der Waals surface area contributed by atoms with E-state index in [2.05, 4.69) is 20.7 Å². The van der Waals surface area contributed by atoms with Crippen LogP contribution in [0, 0.1) is 0 Å². The van der Waals surface area contributed by atoms with Crippen molar-refractivity contribution in [2.24, 2.45) is 0 Å².